The summed E-state index contributed by atoms with van der Waals surface area (Å²) in [5.74, 6) is 0.291. The van der Waals surface area contributed by atoms with Gasteiger partial charge in [-0.15, -0.1) is 0 Å². The van der Waals surface area contributed by atoms with Crippen molar-refractivity contribution < 1.29 is 4.79 Å². The van der Waals surface area contributed by atoms with Crippen molar-refractivity contribution in [2.24, 2.45) is 5.41 Å². The van der Waals surface area contributed by atoms with E-state index in [9.17, 15) is 4.79 Å². The highest BCUT2D eigenvalue weighted by Gasteiger charge is 2.33. The third-order valence-corrected chi connectivity index (χ3v) is 2.22. The molecule has 1 rings (SSSR count). The second kappa shape index (κ2) is 2.26. The quantitative estimate of drug-likeness (QED) is 0.497. The molecule has 1 amide bonds. The van der Waals surface area contributed by atoms with Crippen molar-refractivity contribution in [1.29, 1.82) is 0 Å². The average Bonchev–Trinajstić information content (AvgIpc) is 1.83. The largest absolute Gasteiger partial charge is 0.345 e. The molecular weight excluding hydrogens is 126 g/mol. The standard InChI is InChI=1S/C8H15NO/c1-8(2)5-4-6-9(3)7(8)10/h4-6H2,1-3H3. The topological polar surface area (TPSA) is 20.3 Å². The number of likely N-dealkylation sites (tertiary alicyclic amines) is 1. The molecule has 1 aliphatic heterocycles. The summed E-state index contributed by atoms with van der Waals surface area (Å²) in [6, 6.07) is 0. The second-order valence-corrected chi connectivity index (χ2v) is 3.71. The maximum absolute atomic E-state index is 11.4. The van der Waals surface area contributed by atoms with Gasteiger partial charge in [0.2, 0.25) is 5.91 Å². The van der Waals surface area contributed by atoms with Crippen LogP contribution in [-0.2, 0) is 4.79 Å². The van der Waals surface area contributed by atoms with Crippen molar-refractivity contribution in [2.75, 3.05) is 13.6 Å². The van der Waals surface area contributed by atoms with Gasteiger partial charge in [0.25, 0.3) is 0 Å². The normalized spacial score (nSPS) is 25.1. The van der Waals surface area contributed by atoms with Crippen LogP contribution in [0.2, 0.25) is 0 Å². The van der Waals surface area contributed by atoms with Crippen molar-refractivity contribution in [3.63, 3.8) is 0 Å². The van der Waals surface area contributed by atoms with E-state index in [2.05, 4.69) is 0 Å². The Morgan fingerprint density at radius 1 is 1.50 bits per heavy atom. The van der Waals surface area contributed by atoms with Crippen LogP contribution in [0.25, 0.3) is 0 Å². The molecule has 0 bridgehead atoms. The highest BCUT2D eigenvalue weighted by atomic mass is 16.2. The van der Waals surface area contributed by atoms with Gasteiger partial charge in [-0.1, -0.05) is 13.8 Å². The van der Waals surface area contributed by atoms with Crippen LogP contribution >= 0.6 is 0 Å². The third-order valence-electron chi connectivity index (χ3n) is 2.22. The monoisotopic (exact) mass is 141 g/mol. The lowest BCUT2D eigenvalue weighted by molar-refractivity contribution is -0.142. The van der Waals surface area contributed by atoms with Crippen LogP contribution in [0, 0.1) is 5.41 Å². The van der Waals surface area contributed by atoms with Gasteiger partial charge in [0.15, 0.2) is 0 Å². The van der Waals surface area contributed by atoms with Crippen LogP contribution in [0.5, 0.6) is 0 Å². The van der Waals surface area contributed by atoms with Crippen molar-refractivity contribution in [3.05, 3.63) is 0 Å². The molecule has 10 heavy (non-hydrogen) atoms. The first kappa shape index (κ1) is 7.58. The van der Waals surface area contributed by atoms with Crippen molar-refractivity contribution in [3.8, 4) is 0 Å². The molecule has 58 valence electrons. The molecule has 0 aliphatic carbocycles. The highest BCUT2D eigenvalue weighted by molar-refractivity contribution is 5.82. The Morgan fingerprint density at radius 3 is 2.50 bits per heavy atom. The Balaban J connectivity index is 2.70. The molecule has 1 fully saturated rings. The minimum Gasteiger partial charge on any atom is -0.345 e. The molecular formula is C8H15NO. The van der Waals surface area contributed by atoms with E-state index >= 15 is 0 Å². The van der Waals surface area contributed by atoms with E-state index in [1.807, 2.05) is 25.8 Å². The summed E-state index contributed by atoms with van der Waals surface area (Å²) in [5, 5.41) is 0. The fourth-order valence-electron chi connectivity index (χ4n) is 1.48. The average molecular weight is 141 g/mol. The Hall–Kier alpha value is -0.530. The summed E-state index contributed by atoms with van der Waals surface area (Å²) in [5.41, 5.74) is -0.104. The molecule has 2 nitrogen and oxygen atoms in total. The van der Waals surface area contributed by atoms with Crippen molar-refractivity contribution in [2.45, 2.75) is 26.7 Å². The van der Waals surface area contributed by atoms with Crippen LogP contribution in [0.15, 0.2) is 0 Å². The van der Waals surface area contributed by atoms with Crippen molar-refractivity contribution >= 4 is 5.91 Å². The number of piperidine rings is 1. The molecule has 1 aliphatic rings. The SMILES string of the molecule is CN1CCCC(C)(C)C1=O. The fraction of sp³-hybridized carbons (Fsp3) is 0.875. The number of hydrogen-bond acceptors (Lipinski definition) is 1. The van der Waals surface area contributed by atoms with Gasteiger partial charge in [0.1, 0.15) is 0 Å². The Labute approximate surface area is 62.2 Å². The Kier molecular flexibility index (Phi) is 1.71. The molecule has 2 heteroatoms. The molecule has 0 aromatic heterocycles. The summed E-state index contributed by atoms with van der Waals surface area (Å²) in [6.07, 6.45) is 2.19. The maximum Gasteiger partial charge on any atom is 0.227 e. The summed E-state index contributed by atoms with van der Waals surface area (Å²) in [4.78, 5) is 13.2. The fourth-order valence-corrected chi connectivity index (χ4v) is 1.48. The van der Waals surface area contributed by atoms with Gasteiger partial charge >= 0.3 is 0 Å². The lowest BCUT2D eigenvalue weighted by atomic mass is 9.83. The predicted molar refractivity (Wildman–Crippen MR) is 40.7 cm³/mol. The first-order chi connectivity index (χ1) is 4.54. The summed E-state index contributed by atoms with van der Waals surface area (Å²) < 4.78 is 0. The van der Waals surface area contributed by atoms with Crippen LogP contribution in [0.4, 0.5) is 0 Å². The van der Waals surface area contributed by atoms with Crippen LogP contribution in [-0.4, -0.2) is 24.4 Å². The maximum atomic E-state index is 11.4. The lowest BCUT2D eigenvalue weighted by Crippen LogP contribution is -2.43. The van der Waals surface area contributed by atoms with E-state index in [1.54, 1.807) is 0 Å². The molecule has 0 saturated carbocycles. The number of carbonyl (C=O) groups is 1. The first-order valence-electron chi connectivity index (χ1n) is 3.79. The smallest absolute Gasteiger partial charge is 0.227 e. The molecule has 0 aromatic rings. The Bertz CT molecular complexity index is 151. The molecule has 0 unspecified atom stereocenters. The van der Waals surface area contributed by atoms with E-state index < -0.39 is 0 Å². The number of carbonyl (C=O) groups excluding carboxylic acids is 1. The number of amides is 1. The van der Waals surface area contributed by atoms with E-state index in [0.717, 1.165) is 19.4 Å². The zero-order valence-corrected chi connectivity index (χ0v) is 6.98. The van der Waals surface area contributed by atoms with E-state index in [1.165, 1.54) is 0 Å². The van der Waals surface area contributed by atoms with Gasteiger partial charge in [-0.2, -0.15) is 0 Å². The van der Waals surface area contributed by atoms with Gasteiger partial charge in [0.05, 0.1) is 0 Å². The van der Waals surface area contributed by atoms with Crippen molar-refractivity contribution in [1.82, 2.24) is 4.90 Å². The molecule has 1 saturated heterocycles. The molecule has 0 N–H and O–H groups in total. The Morgan fingerprint density at radius 2 is 2.10 bits per heavy atom. The number of nitrogens with zero attached hydrogens (tertiary/aromatic N) is 1. The summed E-state index contributed by atoms with van der Waals surface area (Å²) in [6.45, 7) is 4.97. The van der Waals surface area contributed by atoms with Gasteiger partial charge < -0.3 is 4.90 Å². The zero-order valence-electron chi connectivity index (χ0n) is 6.98. The van der Waals surface area contributed by atoms with E-state index in [4.69, 9.17) is 0 Å². The summed E-state index contributed by atoms with van der Waals surface area (Å²) in [7, 11) is 1.88. The minimum absolute atomic E-state index is 0.104. The highest BCUT2D eigenvalue weighted by Crippen LogP contribution is 2.28. The molecule has 0 atom stereocenters. The third kappa shape index (κ3) is 1.15. The molecule has 0 radical (unpaired) electrons. The van der Waals surface area contributed by atoms with Gasteiger partial charge in [0, 0.05) is 19.0 Å². The minimum atomic E-state index is -0.104. The molecule has 0 spiro atoms. The molecule has 0 aromatic carbocycles. The van der Waals surface area contributed by atoms with Gasteiger partial charge in [-0.25, -0.2) is 0 Å². The summed E-state index contributed by atoms with van der Waals surface area (Å²) >= 11 is 0. The predicted octanol–water partition coefficient (Wildman–Crippen LogP) is 1.26. The second-order valence-electron chi connectivity index (χ2n) is 3.71. The van der Waals surface area contributed by atoms with Crippen LogP contribution < -0.4 is 0 Å². The first-order valence-corrected chi connectivity index (χ1v) is 3.79. The van der Waals surface area contributed by atoms with E-state index in [-0.39, 0.29) is 5.41 Å². The van der Waals surface area contributed by atoms with Gasteiger partial charge in [-0.05, 0) is 12.8 Å². The van der Waals surface area contributed by atoms with E-state index in [0.29, 0.717) is 5.91 Å². The van der Waals surface area contributed by atoms with Gasteiger partial charge in [-0.3, -0.25) is 4.79 Å². The van der Waals surface area contributed by atoms with Crippen LogP contribution in [0.3, 0.4) is 0 Å². The number of rotatable bonds is 0. The van der Waals surface area contributed by atoms with Crippen LogP contribution in [0.1, 0.15) is 26.7 Å². The zero-order chi connectivity index (χ0) is 7.78. The number of hydrogen-bond donors (Lipinski definition) is 0. The lowest BCUT2D eigenvalue weighted by Gasteiger charge is -2.34. The molecule has 1 heterocycles.